The quantitative estimate of drug-likeness (QED) is 0.775. The number of hydrogen-bond donors (Lipinski definition) is 1. The predicted molar refractivity (Wildman–Crippen MR) is 75.4 cm³/mol. The normalized spacial score (nSPS) is 47.5. The van der Waals surface area contributed by atoms with Crippen LogP contribution in [0.1, 0.15) is 64.2 Å². The lowest BCUT2D eigenvalue weighted by atomic mass is 9.47. The highest BCUT2D eigenvalue weighted by atomic mass is 14.9. The SMILES string of the molecule is CNC(CCC1CC1)C12CC3CC(CC(C3)C1)C2. The molecule has 102 valence electrons. The van der Waals surface area contributed by atoms with Crippen LogP contribution in [-0.4, -0.2) is 13.1 Å². The molecule has 5 saturated carbocycles. The molecular weight excluding hydrogens is 218 g/mol. The summed E-state index contributed by atoms with van der Waals surface area (Å²) in [6.45, 7) is 0. The van der Waals surface area contributed by atoms with E-state index in [0.29, 0.717) is 0 Å². The Morgan fingerprint density at radius 1 is 1.00 bits per heavy atom. The van der Waals surface area contributed by atoms with Gasteiger partial charge in [-0.25, -0.2) is 0 Å². The van der Waals surface area contributed by atoms with Gasteiger partial charge in [-0.05, 0) is 87.5 Å². The zero-order valence-electron chi connectivity index (χ0n) is 12.0. The molecule has 1 heteroatoms. The Hall–Kier alpha value is -0.0400. The molecule has 0 aliphatic heterocycles. The van der Waals surface area contributed by atoms with Crippen molar-refractivity contribution in [2.24, 2.45) is 29.1 Å². The largest absolute Gasteiger partial charge is 0.316 e. The van der Waals surface area contributed by atoms with Crippen LogP contribution in [0.25, 0.3) is 0 Å². The minimum absolute atomic E-state index is 0.721. The van der Waals surface area contributed by atoms with E-state index >= 15 is 0 Å². The fourth-order valence-corrected chi connectivity index (χ4v) is 6.17. The summed E-state index contributed by atoms with van der Waals surface area (Å²) < 4.78 is 0. The molecule has 0 aromatic carbocycles. The first-order valence-electron chi connectivity index (χ1n) is 8.45. The van der Waals surface area contributed by atoms with Gasteiger partial charge < -0.3 is 5.32 Å². The van der Waals surface area contributed by atoms with Crippen molar-refractivity contribution in [2.75, 3.05) is 7.05 Å². The molecule has 0 spiro atoms. The number of hydrogen-bond acceptors (Lipinski definition) is 1. The van der Waals surface area contributed by atoms with Gasteiger partial charge in [0.1, 0.15) is 0 Å². The van der Waals surface area contributed by atoms with E-state index in [1.807, 2.05) is 0 Å². The molecule has 0 radical (unpaired) electrons. The highest BCUT2D eigenvalue weighted by Gasteiger charge is 2.53. The van der Waals surface area contributed by atoms with E-state index in [-0.39, 0.29) is 0 Å². The van der Waals surface area contributed by atoms with Crippen molar-refractivity contribution in [3.05, 3.63) is 0 Å². The number of nitrogens with one attached hydrogen (secondary N) is 1. The minimum Gasteiger partial charge on any atom is -0.316 e. The fraction of sp³-hybridized carbons (Fsp3) is 1.00. The first kappa shape index (κ1) is 11.8. The Kier molecular flexibility index (Phi) is 2.76. The van der Waals surface area contributed by atoms with Crippen molar-refractivity contribution in [3.63, 3.8) is 0 Å². The highest BCUT2D eigenvalue weighted by molar-refractivity contribution is 5.06. The van der Waals surface area contributed by atoms with Gasteiger partial charge in [-0.15, -0.1) is 0 Å². The second-order valence-corrected chi connectivity index (χ2v) is 8.14. The van der Waals surface area contributed by atoms with Crippen LogP contribution in [0.15, 0.2) is 0 Å². The van der Waals surface area contributed by atoms with E-state index in [9.17, 15) is 0 Å². The van der Waals surface area contributed by atoms with Gasteiger partial charge in [-0.3, -0.25) is 0 Å². The Bertz CT molecular complexity index is 282. The van der Waals surface area contributed by atoms with Crippen molar-refractivity contribution in [1.29, 1.82) is 0 Å². The molecule has 0 amide bonds. The van der Waals surface area contributed by atoms with Gasteiger partial charge in [0.2, 0.25) is 0 Å². The molecule has 1 N–H and O–H groups in total. The van der Waals surface area contributed by atoms with E-state index in [0.717, 1.165) is 35.1 Å². The van der Waals surface area contributed by atoms with Crippen LogP contribution in [0.5, 0.6) is 0 Å². The molecule has 5 fully saturated rings. The van der Waals surface area contributed by atoms with Gasteiger partial charge in [0.15, 0.2) is 0 Å². The van der Waals surface area contributed by atoms with E-state index in [4.69, 9.17) is 0 Å². The van der Waals surface area contributed by atoms with Gasteiger partial charge in [-0.2, -0.15) is 0 Å². The maximum Gasteiger partial charge on any atom is 0.0121 e. The predicted octanol–water partition coefficient (Wildman–Crippen LogP) is 3.98. The van der Waals surface area contributed by atoms with E-state index in [2.05, 4.69) is 12.4 Å². The highest BCUT2D eigenvalue weighted by Crippen LogP contribution is 2.61. The Morgan fingerprint density at radius 3 is 2.00 bits per heavy atom. The van der Waals surface area contributed by atoms with E-state index < -0.39 is 0 Å². The van der Waals surface area contributed by atoms with Crippen molar-refractivity contribution < 1.29 is 0 Å². The lowest BCUT2D eigenvalue weighted by molar-refractivity contribution is -0.0744. The molecule has 0 heterocycles. The summed E-state index contributed by atoms with van der Waals surface area (Å²) in [6, 6.07) is 0.839. The van der Waals surface area contributed by atoms with E-state index in [1.165, 1.54) is 25.7 Å². The van der Waals surface area contributed by atoms with Crippen LogP contribution in [0.4, 0.5) is 0 Å². The fourth-order valence-electron chi connectivity index (χ4n) is 6.17. The Balaban J connectivity index is 1.49. The molecule has 0 aromatic heterocycles. The lowest BCUT2D eigenvalue weighted by Crippen LogP contribution is -2.55. The van der Waals surface area contributed by atoms with Crippen LogP contribution in [0.3, 0.4) is 0 Å². The average molecular weight is 247 g/mol. The maximum absolute atomic E-state index is 3.74. The third kappa shape index (κ3) is 1.94. The maximum atomic E-state index is 3.74. The summed E-state index contributed by atoms with van der Waals surface area (Å²) in [5.41, 5.74) is 0.721. The molecule has 5 aliphatic carbocycles. The first-order valence-corrected chi connectivity index (χ1v) is 8.45. The van der Waals surface area contributed by atoms with Gasteiger partial charge in [0.05, 0.1) is 0 Å². The third-order valence-corrected chi connectivity index (χ3v) is 6.73. The average Bonchev–Trinajstić information content (AvgIpc) is 3.11. The minimum atomic E-state index is 0.721. The van der Waals surface area contributed by atoms with Crippen LogP contribution in [0.2, 0.25) is 0 Å². The van der Waals surface area contributed by atoms with Crippen LogP contribution in [-0.2, 0) is 0 Å². The van der Waals surface area contributed by atoms with E-state index in [1.54, 1.807) is 38.5 Å². The summed E-state index contributed by atoms with van der Waals surface area (Å²) in [5.74, 6) is 4.42. The van der Waals surface area contributed by atoms with Gasteiger partial charge in [-0.1, -0.05) is 12.8 Å². The molecule has 1 nitrogen and oxygen atoms in total. The van der Waals surface area contributed by atoms with Crippen molar-refractivity contribution in [2.45, 2.75) is 70.3 Å². The standard InChI is InChI=1S/C17H29N/c1-18-16(5-4-12-2-3-12)17-9-13-6-14(10-17)8-15(7-13)11-17/h12-16,18H,2-11H2,1H3. The lowest BCUT2D eigenvalue weighted by Gasteiger charge is -2.59. The zero-order chi connectivity index (χ0) is 12.2. The van der Waals surface area contributed by atoms with Crippen LogP contribution >= 0.6 is 0 Å². The monoisotopic (exact) mass is 247 g/mol. The first-order chi connectivity index (χ1) is 8.77. The molecule has 1 atom stereocenters. The Morgan fingerprint density at radius 2 is 1.56 bits per heavy atom. The van der Waals surface area contributed by atoms with Crippen molar-refractivity contribution in [3.8, 4) is 0 Å². The van der Waals surface area contributed by atoms with Crippen LogP contribution < -0.4 is 5.32 Å². The second kappa shape index (κ2) is 4.23. The molecule has 1 unspecified atom stereocenters. The number of rotatable bonds is 5. The molecule has 0 saturated heterocycles. The van der Waals surface area contributed by atoms with Gasteiger partial charge in [0.25, 0.3) is 0 Å². The second-order valence-electron chi connectivity index (χ2n) is 8.14. The Labute approximate surface area is 112 Å². The molecule has 5 rings (SSSR count). The van der Waals surface area contributed by atoms with Gasteiger partial charge in [0, 0.05) is 6.04 Å². The summed E-state index contributed by atoms with van der Waals surface area (Å²) in [5, 5.41) is 3.74. The third-order valence-electron chi connectivity index (χ3n) is 6.73. The van der Waals surface area contributed by atoms with Gasteiger partial charge >= 0.3 is 0 Å². The summed E-state index contributed by atoms with van der Waals surface area (Å²) >= 11 is 0. The van der Waals surface area contributed by atoms with Crippen LogP contribution in [0, 0.1) is 29.1 Å². The van der Waals surface area contributed by atoms with Crippen molar-refractivity contribution in [1.82, 2.24) is 5.32 Å². The molecule has 0 aromatic rings. The summed E-state index contributed by atoms with van der Waals surface area (Å²) in [4.78, 5) is 0. The smallest absolute Gasteiger partial charge is 0.0121 e. The molecule has 5 aliphatic rings. The van der Waals surface area contributed by atoms with Crippen molar-refractivity contribution >= 4 is 0 Å². The molecule has 18 heavy (non-hydrogen) atoms. The summed E-state index contributed by atoms with van der Waals surface area (Å²) in [7, 11) is 2.23. The molecule has 4 bridgehead atoms. The summed E-state index contributed by atoms with van der Waals surface area (Å²) in [6.07, 6.45) is 15.5. The zero-order valence-corrected chi connectivity index (χ0v) is 12.0. The topological polar surface area (TPSA) is 12.0 Å². The molecular formula is C17H29N.